The molecule has 3 heterocycles. The van der Waals surface area contributed by atoms with E-state index in [-0.39, 0.29) is 11.9 Å². The summed E-state index contributed by atoms with van der Waals surface area (Å²) in [4.78, 5) is 14.7. The first kappa shape index (κ1) is 13.0. The Morgan fingerprint density at radius 3 is 2.75 bits per heavy atom. The van der Waals surface area contributed by atoms with Crippen LogP contribution in [0.15, 0.2) is 30.6 Å². The molecule has 0 saturated carbocycles. The standard InChI is InChI=1S/C15H20N4O/c1-11(2)14-13-5-4-7-18(13)9-10-19(14)15(20)12-6-8-17(3)16-12/h4-8,11,14H,9-10H2,1-3H3. The Morgan fingerprint density at radius 1 is 1.30 bits per heavy atom. The molecule has 1 amide bonds. The van der Waals surface area contributed by atoms with Gasteiger partial charge in [0.1, 0.15) is 5.69 Å². The van der Waals surface area contributed by atoms with Gasteiger partial charge in [-0.05, 0) is 24.1 Å². The molecule has 0 aromatic carbocycles. The van der Waals surface area contributed by atoms with Crippen LogP contribution in [0.4, 0.5) is 0 Å². The molecule has 0 N–H and O–H groups in total. The molecule has 2 aromatic heterocycles. The van der Waals surface area contributed by atoms with Crippen molar-refractivity contribution in [2.75, 3.05) is 6.54 Å². The van der Waals surface area contributed by atoms with Crippen LogP contribution in [0.25, 0.3) is 0 Å². The van der Waals surface area contributed by atoms with E-state index in [0.29, 0.717) is 11.6 Å². The highest BCUT2D eigenvalue weighted by atomic mass is 16.2. The van der Waals surface area contributed by atoms with Crippen LogP contribution < -0.4 is 0 Å². The van der Waals surface area contributed by atoms with Crippen molar-refractivity contribution in [2.45, 2.75) is 26.4 Å². The fraction of sp³-hybridized carbons (Fsp3) is 0.467. The van der Waals surface area contributed by atoms with E-state index in [0.717, 1.165) is 13.1 Å². The first-order chi connectivity index (χ1) is 9.58. The number of fused-ring (bicyclic) bond motifs is 1. The summed E-state index contributed by atoms with van der Waals surface area (Å²) in [7, 11) is 1.83. The molecule has 0 fully saturated rings. The topological polar surface area (TPSA) is 43.1 Å². The normalized spacial score (nSPS) is 18.4. The molecule has 20 heavy (non-hydrogen) atoms. The van der Waals surface area contributed by atoms with E-state index in [9.17, 15) is 4.79 Å². The highest BCUT2D eigenvalue weighted by Crippen LogP contribution is 2.33. The Balaban J connectivity index is 1.95. The zero-order valence-electron chi connectivity index (χ0n) is 12.2. The monoisotopic (exact) mass is 272 g/mol. The van der Waals surface area contributed by atoms with E-state index in [2.05, 4.69) is 41.8 Å². The second-order valence-corrected chi connectivity index (χ2v) is 5.69. The molecule has 5 nitrogen and oxygen atoms in total. The Hall–Kier alpha value is -2.04. The Labute approximate surface area is 118 Å². The van der Waals surface area contributed by atoms with E-state index in [4.69, 9.17) is 0 Å². The van der Waals surface area contributed by atoms with E-state index < -0.39 is 0 Å². The maximum absolute atomic E-state index is 12.7. The minimum Gasteiger partial charge on any atom is -0.348 e. The molecule has 5 heteroatoms. The summed E-state index contributed by atoms with van der Waals surface area (Å²) in [5.41, 5.74) is 1.74. The molecule has 1 unspecified atom stereocenters. The predicted octanol–water partition coefficient (Wildman–Crippen LogP) is 2.07. The number of rotatable bonds is 2. The highest BCUT2D eigenvalue weighted by Gasteiger charge is 2.34. The van der Waals surface area contributed by atoms with Gasteiger partial charge in [-0.1, -0.05) is 13.8 Å². The quantitative estimate of drug-likeness (QED) is 0.840. The number of carbonyl (C=O) groups excluding carboxylic acids is 1. The highest BCUT2D eigenvalue weighted by molar-refractivity contribution is 5.92. The van der Waals surface area contributed by atoms with E-state index in [1.165, 1.54) is 5.69 Å². The number of aryl methyl sites for hydroxylation is 1. The lowest BCUT2D eigenvalue weighted by Crippen LogP contribution is -2.44. The van der Waals surface area contributed by atoms with Gasteiger partial charge >= 0.3 is 0 Å². The van der Waals surface area contributed by atoms with Crippen molar-refractivity contribution in [1.29, 1.82) is 0 Å². The molecular weight excluding hydrogens is 252 g/mol. The zero-order chi connectivity index (χ0) is 14.3. The van der Waals surface area contributed by atoms with Gasteiger partial charge < -0.3 is 9.47 Å². The molecule has 1 aliphatic rings. The molecule has 106 valence electrons. The minimum absolute atomic E-state index is 0.0248. The van der Waals surface area contributed by atoms with Crippen molar-refractivity contribution in [3.8, 4) is 0 Å². The van der Waals surface area contributed by atoms with Crippen LogP contribution >= 0.6 is 0 Å². The summed E-state index contributed by atoms with van der Waals surface area (Å²) < 4.78 is 3.91. The van der Waals surface area contributed by atoms with Crippen molar-refractivity contribution in [1.82, 2.24) is 19.2 Å². The maximum Gasteiger partial charge on any atom is 0.274 e. The molecule has 0 saturated heterocycles. The van der Waals surface area contributed by atoms with Crippen LogP contribution in [0.3, 0.4) is 0 Å². The van der Waals surface area contributed by atoms with Gasteiger partial charge in [0, 0.05) is 38.2 Å². The summed E-state index contributed by atoms with van der Waals surface area (Å²) >= 11 is 0. The Bertz CT molecular complexity index is 625. The van der Waals surface area contributed by atoms with E-state index in [1.54, 1.807) is 10.7 Å². The van der Waals surface area contributed by atoms with Crippen molar-refractivity contribution >= 4 is 5.91 Å². The summed E-state index contributed by atoms with van der Waals surface area (Å²) in [6.45, 7) is 5.90. The van der Waals surface area contributed by atoms with Gasteiger partial charge in [-0.25, -0.2) is 0 Å². The number of amides is 1. The second kappa shape index (κ2) is 4.81. The van der Waals surface area contributed by atoms with Gasteiger partial charge in [-0.15, -0.1) is 0 Å². The lowest BCUT2D eigenvalue weighted by molar-refractivity contribution is 0.0549. The average molecular weight is 272 g/mol. The van der Waals surface area contributed by atoms with Crippen molar-refractivity contribution in [2.24, 2.45) is 13.0 Å². The third kappa shape index (κ3) is 2.03. The third-order valence-electron chi connectivity index (χ3n) is 3.91. The zero-order valence-corrected chi connectivity index (χ0v) is 12.2. The molecule has 3 rings (SSSR count). The van der Waals surface area contributed by atoms with Gasteiger partial charge in [0.05, 0.1) is 6.04 Å². The summed E-state index contributed by atoms with van der Waals surface area (Å²) in [6.07, 6.45) is 3.90. The first-order valence-electron chi connectivity index (χ1n) is 7.03. The van der Waals surface area contributed by atoms with Crippen LogP contribution in [0, 0.1) is 5.92 Å². The maximum atomic E-state index is 12.7. The van der Waals surface area contributed by atoms with Crippen LogP contribution in [-0.2, 0) is 13.6 Å². The Morgan fingerprint density at radius 2 is 2.10 bits per heavy atom. The Kier molecular flexibility index (Phi) is 3.12. The number of carbonyl (C=O) groups is 1. The van der Waals surface area contributed by atoms with Crippen molar-refractivity contribution in [3.05, 3.63) is 42.0 Å². The molecular formula is C15H20N4O. The summed E-state index contributed by atoms with van der Waals surface area (Å²) in [6, 6.07) is 6.07. The second-order valence-electron chi connectivity index (χ2n) is 5.69. The number of nitrogens with zero attached hydrogens (tertiary/aromatic N) is 4. The number of hydrogen-bond acceptors (Lipinski definition) is 2. The van der Waals surface area contributed by atoms with Gasteiger partial charge in [-0.2, -0.15) is 5.10 Å². The predicted molar refractivity (Wildman–Crippen MR) is 76.3 cm³/mol. The van der Waals surface area contributed by atoms with Crippen LogP contribution in [0.5, 0.6) is 0 Å². The fourth-order valence-electron chi connectivity index (χ4n) is 3.02. The number of hydrogen-bond donors (Lipinski definition) is 0. The van der Waals surface area contributed by atoms with Crippen molar-refractivity contribution < 1.29 is 4.79 Å². The molecule has 0 radical (unpaired) electrons. The SMILES string of the molecule is CC(C)C1c2cccn2CCN1C(=O)c1ccn(C)n1. The lowest BCUT2D eigenvalue weighted by Gasteiger charge is -2.39. The van der Waals surface area contributed by atoms with Gasteiger partial charge in [0.2, 0.25) is 0 Å². The van der Waals surface area contributed by atoms with Crippen molar-refractivity contribution in [3.63, 3.8) is 0 Å². The summed E-state index contributed by atoms with van der Waals surface area (Å²) in [5, 5.41) is 4.24. The molecule has 0 bridgehead atoms. The van der Waals surface area contributed by atoms with E-state index in [1.807, 2.05) is 18.1 Å². The van der Waals surface area contributed by atoms with Crippen LogP contribution in [0.1, 0.15) is 36.1 Å². The third-order valence-corrected chi connectivity index (χ3v) is 3.91. The van der Waals surface area contributed by atoms with Crippen LogP contribution in [-0.4, -0.2) is 31.7 Å². The number of aromatic nitrogens is 3. The van der Waals surface area contributed by atoms with Gasteiger partial charge in [-0.3, -0.25) is 9.48 Å². The molecule has 1 atom stereocenters. The summed E-state index contributed by atoms with van der Waals surface area (Å²) in [5.74, 6) is 0.397. The van der Waals surface area contributed by atoms with Gasteiger partial charge in [0.25, 0.3) is 5.91 Å². The van der Waals surface area contributed by atoms with Crippen LogP contribution in [0.2, 0.25) is 0 Å². The molecule has 0 spiro atoms. The van der Waals surface area contributed by atoms with Gasteiger partial charge in [0.15, 0.2) is 0 Å². The first-order valence-corrected chi connectivity index (χ1v) is 7.03. The smallest absolute Gasteiger partial charge is 0.274 e. The molecule has 1 aliphatic heterocycles. The minimum atomic E-state index is 0.0248. The largest absolute Gasteiger partial charge is 0.348 e. The fourth-order valence-corrected chi connectivity index (χ4v) is 3.02. The van der Waals surface area contributed by atoms with E-state index >= 15 is 0 Å². The molecule has 2 aromatic rings. The molecule has 0 aliphatic carbocycles. The lowest BCUT2D eigenvalue weighted by atomic mass is 9.97. The average Bonchev–Trinajstić information content (AvgIpc) is 3.04.